The third-order valence-corrected chi connectivity index (χ3v) is 3.98. The van der Waals surface area contributed by atoms with Crippen molar-refractivity contribution in [2.24, 2.45) is 5.92 Å². The molecule has 1 aromatic rings. The summed E-state index contributed by atoms with van der Waals surface area (Å²) in [5.74, 6) is -1.32. The van der Waals surface area contributed by atoms with Crippen LogP contribution in [0.15, 0.2) is 24.3 Å². The molecule has 6 heteroatoms. The van der Waals surface area contributed by atoms with Gasteiger partial charge in [-0.25, -0.2) is 0 Å². The molecule has 1 atom stereocenters. The van der Waals surface area contributed by atoms with Crippen LogP contribution in [0.3, 0.4) is 0 Å². The van der Waals surface area contributed by atoms with Crippen molar-refractivity contribution in [3.05, 3.63) is 34.9 Å². The van der Waals surface area contributed by atoms with Crippen LogP contribution in [0.25, 0.3) is 0 Å². The summed E-state index contributed by atoms with van der Waals surface area (Å²) in [6.45, 7) is 2.63. The fraction of sp³-hybridized carbons (Fsp3) is 0.438. The van der Waals surface area contributed by atoms with Crippen LogP contribution in [0.5, 0.6) is 0 Å². The van der Waals surface area contributed by atoms with E-state index in [0.29, 0.717) is 18.1 Å². The summed E-state index contributed by atoms with van der Waals surface area (Å²) in [7, 11) is 0. The first-order valence-corrected chi connectivity index (χ1v) is 7.58. The van der Waals surface area contributed by atoms with Gasteiger partial charge in [0.1, 0.15) is 12.2 Å². The molecular weight excluding hydrogens is 306 g/mol. The maximum absolute atomic E-state index is 12.0. The Balaban J connectivity index is 1.95. The van der Waals surface area contributed by atoms with Gasteiger partial charge in [0.2, 0.25) is 5.91 Å². The van der Waals surface area contributed by atoms with Crippen LogP contribution in [-0.4, -0.2) is 35.7 Å². The van der Waals surface area contributed by atoms with Crippen molar-refractivity contribution in [2.45, 2.75) is 26.3 Å². The van der Waals surface area contributed by atoms with Crippen molar-refractivity contribution in [3.63, 3.8) is 0 Å². The fourth-order valence-corrected chi connectivity index (χ4v) is 2.67. The van der Waals surface area contributed by atoms with Crippen LogP contribution < -0.4 is 0 Å². The first-order valence-electron chi connectivity index (χ1n) is 7.20. The molecule has 1 heterocycles. The van der Waals surface area contributed by atoms with Gasteiger partial charge in [-0.3, -0.25) is 14.4 Å². The van der Waals surface area contributed by atoms with E-state index < -0.39 is 11.9 Å². The van der Waals surface area contributed by atoms with Gasteiger partial charge in [0.15, 0.2) is 0 Å². The molecule has 1 amide bonds. The van der Waals surface area contributed by atoms with Gasteiger partial charge in [-0.1, -0.05) is 29.8 Å². The number of carbonyl (C=O) groups excluding carboxylic acids is 3. The molecule has 1 fully saturated rings. The normalized spacial score (nSPS) is 17.6. The van der Waals surface area contributed by atoms with E-state index in [9.17, 15) is 14.4 Å². The first kappa shape index (κ1) is 16.5. The van der Waals surface area contributed by atoms with Gasteiger partial charge in [-0.2, -0.15) is 0 Å². The second-order valence-corrected chi connectivity index (χ2v) is 5.62. The van der Waals surface area contributed by atoms with Crippen LogP contribution in [0, 0.1) is 5.92 Å². The predicted molar refractivity (Wildman–Crippen MR) is 81.2 cm³/mol. The summed E-state index contributed by atoms with van der Waals surface area (Å²) in [4.78, 5) is 37.0. The molecule has 1 aliphatic heterocycles. The molecule has 5 nitrogen and oxygen atoms in total. The minimum absolute atomic E-state index is 0.0953. The summed E-state index contributed by atoms with van der Waals surface area (Å²) in [5, 5.41) is 0.594. The van der Waals surface area contributed by atoms with Gasteiger partial charge >= 0.3 is 5.97 Å². The molecule has 2 rings (SSSR count). The highest BCUT2D eigenvalue weighted by molar-refractivity contribution is 6.31. The number of ketones is 1. The maximum atomic E-state index is 12.0. The van der Waals surface area contributed by atoms with E-state index in [1.807, 2.05) is 18.2 Å². The molecule has 1 saturated heterocycles. The zero-order chi connectivity index (χ0) is 16.1. The molecule has 1 unspecified atom stereocenters. The number of rotatable bonds is 6. The Hall–Kier alpha value is -1.88. The van der Waals surface area contributed by atoms with E-state index in [2.05, 4.69) is 0 Å². The van der Waals surface area contributed by atoms with Crippen molar-refractivity contribution in [2.75, 3.05) is 13.2 Å². The number of esters is 1. The molecule has 22 heavy (non-hydrogen) atoms. The standard InChI is InChI=1S/C16H18ClNO4/c1-2-22-16(21)8-14(19)12-7-15(20)18(10-12)9-11-5-3-4-6-13(11)17/h3-6,12H,2,7-10H2,1H3. The second-order valence-electron chi connectivity index (χ2n) is 5.21. The smallest absolute Gasteiger partial charge is 0.313 e. The average molecular weight is 324 g/mol. The number of nitrogens with zero attached hydrogens (tertiary/aromatic N) is 1. The fourth-order valence-electron chi connectivity index (χ4n) is 2.47. The summed E-state index contributed by atoms with van der Waals surface area (Å²) >= 11 is 6.09. The van der Waals surface area contributed by atoms with E-state index in [4.69, 9.17) is 16.3 Å². The number of ether oxygens (including phenoxy) is 1. The lowest BCUT2D eigenvalue weighted by molar-refractivity contribution is -0.146. The molecule has 0 saturated carbocycles. The zero-order valence-electron chi connectivity index (χ0n) is 12.4. The molecule has 0 bridgehead atoms. The Morgan fingerprint density at radius 1 is 1.36 bits per heavy atom. The monoisotopic (exact) mass is 323 g/mol. The van der Waals surface area contributed by atoms with Gasteiger partial charge in [0.25, 0.3) is 0 Å². The molecule has 1 aromatic carbocycles. The lowest BCUT2D eigenvalue weighted by Gasteiger charge is -2.17. The molecular formula is C16H18ClNO4. The number of Topliss-reactive ketones (excluding diaryl/α,β-unsaturated/α-hetero) is 1. The van der Waals surface area contributed by atoms with Crippen molar-refractivity contribution in [3.8, 4) is 0 Å². The number of hydrogen-bond acceptors (Lipinski definition) is 4. The lowest BCUT2D eigenvalue weighted by Crippen LogP contribution is -2.26. The Labute approximate surface area is 134 Å². The van der Waals surface area contributed by atoms with Crippen LogP contribution >= 0.6 is 11.6 Å². The number of carbonyl (C=O) groups is 3. The quantitative estimate of drug-likeness (QED) is 0.595. The summed E-state index contributed by atoms with van der Waals surface area (Å²) in [6.07, 6.45) is -0.131. The van der Waals surface area contributed by atoms with Crippen LogP contribution in [0.4, 0.5) is 0 Å². The summed E-state index contributed by atoms with van der Waals surface area (Å²) in [5.41, 5.74) is 0.844. The van der Waals surface area contributed by atoms with E-state index in [1.165, 1.54) is 0 Å². The molecule has 0 spiro atoms. The van der Waals surface area contributed by atoms with E-state index >= 15 is 0 Å². The maximum Gasteiger partial charge on any atom is 0.313 e. The number of likely N-dealkylation sites (tertiary alicyclic amines) is 1. The highest BCUT2D eigenvalue weighted by Crippen LogP contribution is 2.24. The van der Waals surface area contributed by atoms with E-state index in [0.717, 1.165) is 5.56 Å². The highest BCUT2D eigenvalue weighted by Gasteiger charge is 2.35. The van der Waals surface area contributed by atoms with Gasteiger partial charge in [0.05, 0.1) is 6.61 Å². The molecule has 0 N–H and O–H groups in total. The Bertz CT molecular complexity index is 587. The largest absolute Gasteiger partial charge is 0.466 e. The van der Waals surface area contributed by atoms with Crippen LogP contribution in [-0.2, 0) is 25.7 Å². The third kappa shape index (κ3) is 4.07. The predicted octanol–water partition coefficient (Wildman–Crippen LogP) is 2.21. The lowest BCUT2D eigenvalue weighted by atomic mass is 10.0. The third-order valence-electron chi connectivity index (χ3n) is 3.61. The Kier molecular flexibility index (Phi) is 5.55. The van der Waals surface area contributed by atoms with Gasteiger partial charge in [-0.15, -0.1) is 0 Å². The summed E-state index contributed by atoms with van der Waals surface area (Å²) < 4.78 is 4.76. The topological polar surface area (TPSA) is 63.7 Å². The Morgan fingerprint density at radius 3 is 2.77 bits per heavy atom. The number of amides is 1. The molecule has 0 radical (unpaired) electrons. The van der Waals surface area contributed by atoms with Crippen molar-refractivity contribution >= 4 is 29.3 Å². The average Bonchev–Trinajstić information content (AvgIpc) is 2.83. The number of halogens is 1. The molecule has 0 aromatic heterocycles. The minimum Gasteiger partial charge on any atom is -0.466 e. The molecule has 0 aliphatic carbocycles. The highest BCUT2D eigenvalue weighted by atomic mass is 35.5. The van der Waals surface area contributed by atoms with E-state index in [-0.39, 0.29) is 31.1 Å². The van der Waals surface area contributed by atoms with Crippen molar-refractivity contribution in [1.82, 2.24) is 4.90 Å². The first-order chi connectivity index (χ1) is 10.5. The van der Waals surface area contributed by atoms with Gasteiger partial charge in [-0.05, 0) is 18.6 Å². The second kappa shape index (κ2) is 7.40. The number of hydrogen-bond donors (Lipinski definition) is 0. The van der Waals surface area contributed by atoms with Gasteiger partial charge < -0.3 is 9.64 Å². The van der Waals surface area contributed by atoms with Crippen LogP contribution in [0.1, 0.15) is 25.3 Å². The number of benzene rings is 1. The van der Waals surface area contributed by atoms with Crippen LogP contribution in [0.2, 0.25) is 5.02 Å². The Morgan fingerprint density at radius 2 is 2.09 bits per heavy atom. The van der Waals surface area contributed by atoms with Gasteiger partial charge in [0, 0.05) is 30.5 Å². The zero-order valence-corrected chi connectivity index (χ0v) is 13.1. The molecule has 118 valence electrons. The minimum atomic E-state index is -0.537. The van der Waals surface area contributed by atoms with Crippen molar-refractivity contribution < 1.29 is 19.1 Å². The summed E-state index contributed by atoms with van der Waals surface area (Å²) in [6, 6.07) is 7.29. The van der Waals surface area contributed by atoms with Crippen molar-refractivity contribution in [1.29, 1.82) is 0 Å². The SMILES string of the molecule is CCOC(=O)CC(=O)C1CC(=O)N(Cc2ccccc2Cl)C1. The van der Waals surface area contributed by atoms with E-state index in [1.54, 1.807) is 17.9 Å². The molecule has 1 aliphatic rings.